The molecule has 0 spiro atoms. The first-order chi connectivity index (χ1) is 7.70. The summed E-state index contributed by atoms with van der Waals surface area (Å²) in [6.45, 7) is 4.69. The zero-order chi connectivity index (χ0) is 11.5. The molecule has 1 aromatic rings. The second-order valence-electron chi connectivity index (χ2n) is 4.57. The van der Waals surface area contributed by atoms with Crippen molar-refractivity contribution in [3.05, 3.63) is 35.1 Å². The van der Waals surface area contributed by atoms with Crippen molar-refractivity contribution in [1.82, 2.24) is 4.90 Å². The van der Waals surface area contributed by atoms with Gasteiger partial charge in [-0.05, 0) is 49.6 Å². The van der Waals surface area contributed by atoms with E-state index in [0.29, 0.717) is 6.04 Å². The van der Waals surface area contributed by atoms with Gasteiger partial charge in [0.05, 0.1) is 0 Å². The van der Waals surface area contributed by atoms with Crippen LogP contribution in [0.25, 0.3) is 0 Å². The second-order valence-corrected chi connectivity index (χ2v) is 4.57. The van der Waals surface area contributed by atoms with E-state index in [0.717, 1.165) is 25.2 Å². The minimum absolute atomic E-state index is 0.155. The molecule has 1 fully saturated rings. The molecule has 2 rings (SSSR count). The van der Waals surface area contributed by atoms with Crippen LogP contribution in [0.1, 0.15) is 24.0 Å². The van der Waals surface area contributed by atoms with E-state index >= 15 is 0 Å². The first-order valence-electron chi connectivity index (χ1n) is 5.90. The molecule has 1 saturated heterocycles. The van der Waals surface area contributed by atoms with Crippen molar-refractivity contribution in [2.75, 3.05) is 13.1 Å². The maximum absolute atomic E-state index is 13.0. The zero-order valence-electron chi connectivity index (χ0n) is 9.75. The Labute approximate surface area is 96.2 Å². The van der Waals surface area contributed by atoms with Gasteiger partial charge >= 0.3 is 0 Å². The number of hydrogen-bond acceptors (Lipinski definition) is 2. The average Bonchev–Trinajstić information content (AvgIpc) is 2.69. The summed E-state index contributed by atoms with van der Waals surface area (Å²) in [4.78, 5) is 2.40. The Morgan fingerprint density at radius 1 is 1.50 bits per heavy atom. The Morgan fingerprint density at radius 3 is 3.00 bits per heavy atom. The molecule has 0 bridgehead atoms. The minimum Gasteiger partial charge on any atom is -0.329 e. The fourth-order valence-corrected chi connectivity index (χ4v) is 2.43. The maximum Gasteiger partial charge on any atom is 0.123 e. The van der Waals surface area contributed by atoms with Gasteiger partial charge in [-0.15, -0.1) is 0 Å². The van der Waals surface area contributed by atoms with Gasteiger partial charge < -0.3 is 5.73 Å². The Kier molecular flexibility index (Phi) is 3.56. The third kappa shape index (κ3) is 2.42. The minimum atomic E-state index is -0.155. The molecule has 0 amide bonds. The molecule has 88 valence electrons. The Bertz CT molecular complexity index is 365. The lowest BCUT2D eigenvalue weighted by Crippen LogP contribution is -2.35. The highest BCUT2D eigenvalue weighted by Gasteiger charge is 2.23. The number of halogens is 1. The predicted molar refractivity (Wildman–Crippen MR) is 63.6 cm³/mol. The highest BCUT2D eigenvalue weighted by molar-refractivity contribution is 5.26. The Hall–Kier alpha value is -0.930. The summed E-state index contributed by atoms with van der Waals surface area (Å²) in [5, 5.41) is 0. The molecule has 1 heterocycles. The summed E-state index contributed by atoms with van der Waals surface area (Å²) in [7, 11) is 0. The highest BCUT2D eigenvalue weighted by Crippen LogP contribution is 2.21. The predicted octanol–water partition coefficient (Wildman–Crippen LogP) is 2.06. The topological polar surface area (TPSA) is 29.3 Å². The molecule has 2 nitrogen and oxygen atoms in total. The van der Waals surface area contributed by atoms with Crippen LogP contribution in [0.4, 0.5) is 4.39 Å². The van der Waals surface area contributed by atoms with E-state index in [2.05, 4.69) is 4.90 Å². The smallest absolute Gasteiger partial charge is 0.123 e. The number of rotatable bonds is 3. The number of benzene rings is 1. The molecular formula is C13H19FN2. The molecule has 0 aliphatic carbocycles. The van der Waals surface area contributed by atoms with Crippen molar-refractivity contribution in [3.8, 4) is 0 Å². The normalized spacial score (nSPS) is 21.6. The molecule has 0 radical (unpaired) electrons. The van der Waals surface area contributed by atoms with Crippen LogP contribution in [-0.2, 0) is 6.54 Å². The zero-order valence-corrected chi connectivity index (χ0v) is 9.75. The van der Waals surface area contributed by atoms with E-state index in [1.54, 1.807) is 6.07 Å². The van der Waals surface area contributed by atoms with E-state index in [4.69, 9.17) is 5.73 Å². The molecule has 16 heavy (non-hydrogen) atoms. The highest BCUT2D eigenvalue weighted by atomic mass is 19.1. The fraction of sp³-hybridized carbons (Fsp3) is 0.538. The van der Waals surface area contributed by atoms with Gasteiger partial charge in [0, 0.05) is 19.1 Å². The summed E-state index contributed by atoms with van der Waals surface area (Å²) in [5.74, 6) is -0.155. The fourth-order valence-electron chi connectivity index (χ4n) is 2.43. The van der Waals surface area contributed by atoms with Crippen molar-refractivity contribution in [2.45, 2.75) is 32.4 Å². The van der Waals surface area contributed by atoms with Gasteiger partial charge in [-0.1, -0.05) is 6.07 Å². The quantitative estimate of drug-likeness (QED) is 0.848. The van der Waals surface area contributed by atoms with Crippen LogP contribution >= 0.6 is 0 Å². The molecule has 1 unspecified atom stereocenters. The van der Waals surface area contributed by atoms with Crippen LogP contribution in [-0.4, -0.2) is 24.0 Å². The van der Waals surface area contributed by atoms with Crippen molar-refractivity contribution >= 4 is 0 Å². The van der Waals surface area contributed by atoms with E-state index in [-0.39, 0.29) is 5.82 Å². The molecule has 2 N–H and O–H groups in total. The van der Waals surface area contributed by atoms with Gasteiger partial charge in [0.25, 0.3) is 0 Å². The van der Waals surface area contributed by atoms with Crippen molar-refractivity contribution in [3.63, 3.8) is 0 Å². The van der Waals surface area contributed by atoms with Crippen molar-refractivity contribution < 1.29 is 4.39 Å². The van der Waals surface area contributed by atoms with E-state index in [1.807, 2.05) is 13.0 Å². The van der Waals surface area contributed by atoms with Crippen LogP contribution < -0.4 is 5.73 Å². The third-order valence-corrected chi connectivity index (χ3v) is 3.45. The van der Waals surface area contributed by atoms with Crippen LogP contribution in [0.3, 0.4) is 0 Å². The SMILES string of the molecule is Cc1cc(F)ccc1CN1CCCC1CN. The molecule has 0 aromatic heterocycles. The molecule has 3 heteroatoms. The van der Waals surface area contributed by atoms with Gasteiger partial charge in [0.2, 0.25) is 0 Å². The second kappa shape index (κ2) is 4.93. The van der Waals surface area contributed by atoms with Gasteiger partial charge in [0.1, 0.15) is 5.82 Å². The maximum atomic E-state index is 13.0. The lowest BCUT2D eigenvalue weighted by molar-refractivity contribution is 0.249. The summed E-state index contributed by atoms with van der Waals surface area (Å²) in [6, 6.07) is 5.53. The number of hydrogen-bond donors (Lipinski definition) is 1. The standard InChI is InChI=1S/C13H19FN2/c1-10-7-12(14)5-4-11(10)9-16-6-2-3-13(16)8-15/h4-5,7,13H,2-3,6,8-9,15H2,1H3. The molecule has 0 saturated carbocycles. The molecule has 1 aliphatic heterocycles. The third-order valence-electron chi connectivity index (χ3n) is 3.45. The number of nitrogens with two attached hydrogens (primary N) is 1. The van der Waals surface area contributed by atoms with Gasteiger partial charge in [-0.3, -0.25) is 4.90 Å². The van der Waals surface area contributed by atoms with Gasteiger partial charge in [-0.2, -0.15) is 0 Å². The van der Waals surface area contributed by atoms with Crippen LogP contribution in [0, 0.1) is 12.7 Å². The number of likely N-dealkylation sites (tertiary alicyclic amines) is 1. The first kappa shape index (κ1) is 11.6. The summed E-state index contributed by atoms with van der Waals surface area (Å²) >= 11 is 0. The molecule has 1 aromatic carbocycles. The monoisotopic (exact) mass is 222 g/mol. The van der Waals surface area contributed by atoms with Gasteiger partial charge in [0.15, 0.2) is 0 Å². The Morgan fingerprint density at radius 2 is 2.31 bits per heavy atom. The van der Waals surface area contributed by atoms with Crippen molar-refractivity contribution in [1.29, 1.82) is 0 Å². The van der Waals surface area contributed by atoms with Crippen LogP contribution in [0.15, 0.2) is 18.2 Å². The van der Waals surface area contributed by atoms with E-state index < -0.39 is 0 Å². The van der Waals surface area contributed by atoms with E-state index in [9.17, 15) is 4.39 Å². The molecule has 1 aliphatic rings. The lowest BCUT2D eigenvalue weighted by atomic mass is 10.1. The number of aryl methyl sites for hydroxylation is 1. The van der Waals surface area contributed by atoms with Gasteiger partial charge in [-0.25, -0.2) is 4.39 Å². The first-order valence-corrected chi connectivity index (χ1v) is 5.90. The summed E-state index contributed by atoms with van der Waals surface area (Å²) in [6.07, 6.45) is 2.42. The lowest BCUT2D eigenvalue weighted by Gasteiger charge is -2.23. The number of nitrogens with zero attached hydrogens (tertiary/aromatic N) is 1. The van der Waals surface area contributed by atoms with E-state index in [1.165, 1.54) is 24.5 Å². The summed E-state index contributed by atoms with van der Waals surface area (Å²) in [5.41, 5.74) is 7.98. The Balaban J connectivity index is 2.08. The van der Waals surface area contributed by atoms with Crippen molar-refractivity contribution in [2.24, 2.45) is 5.73 Å². The van der Waals surface area contributed by atoms with Crippen LogP contribution in [0.2, 0.25) is 0 Å². The average molecular weight is 222 g/mol. The molecule has 1 atom stereocenters. The largest absolute Gasteiger partial charge is 0.329 e. The summed E-state index contributed by atoms with van der Waals surface area (Å²) < 4.78 is 13.0. The van der Waals surface area contributed by atoms with Crippen LogP contribution in [0.5, 0.6) is 0 Å². The molecular weight excluding hydrogens is 203 g/mol.